The van der Waals surface area contributed by atoms with Crippen LogP contribution in [-0.2, 0) is 6.61 Å². The van der Waals surface area contributed by atoms with Crippen molar-refractivity contribution in [2.75, 3.05) is 5.84 Å². The van der Waals surface area contributed by atoms with Crippen LogP contribution in [0.2, 0.25) is 0 Å². The lowest BCUT2D eigenvalue weighted by atomic mass is 10.1. The fourth-order valence-corrected chi connectivity index (χ4v) is 2.44. The smallest absolute Gasteiger partial charge is 0.202 e. The number of carbonyl (C=O) groups excluding carboxylic acids is 1. The van der Waals surface area contributed by atoms with Gasteiger partial charge in [0.2, 0.25) is 5.82 Å². The average molecular weight is 345 g/mol. The number of aromatic carboxylic acids is 1. The normalized spacial score (nSPS) is 10.8. The number of carboxylic acid groups (broad SMARTS) is 1. The van der Waals surface area contributed by atoms with Crippen molar-refractivity contribution in [3.8, 4) is 5.75 Å². The number of hydrogen-bond donors (Lipinski definition) is 1. The number of carboxylic acids is 1. The molecule has 0 saturated carbocycles. The van der Waals surface area contributed by atoms with Crippen LogP contribution in [0.3, 0.4) is 0 Å². The number of nitrogens with two attached hydrogens (primary N) is 1. The molecule has 1 aromatic heterocycles. The highest BCUT2D eigenvalue weighted by atomic mass is 19.2. The van der Waals surface area contributed by atoms with Gasteiger partial charge < -0.3 is 20.5 Å². The minimum atomic E-state index is -1.78. The maximum atomic E-state index is 14.2. The van der Waals surface area contributed by atoms with Crippen LogP contribution in [0, 0.1) is 11.6 Å². The predicted molar refractivity (Wildman–Crippen MR) is 83.4 cm³/mol. The Morgan fingerprint density at radius 1 is 1.24 bits per heavy atom. The molecule has 1 heterocycles. The summed E-state index contributed by atoms with van der Waals surface area (Å²) in [6.45, 7) is -0.104. The third kappa shape index (κ3) is 2.89. The quantitative estimate of drug-likeness (QED) is 0.710. The summed E-state index contributed by atoms with van der Waals surface area (Å²) in [5, 5.41) is 10.6. The number of nitrogen functional groups attached to an aromatic ring is 1. The number of carbonyl (C=O) groups is 1. The summed E-state index contributed by atoms with van der Waals surface area (Å²) in [5.41, 5.74) is -1.39. The van der Waals surface area contributed by atoms with Crippen LogP contribution in [-0.4, -0.2) is 10.6 Å². The van der Waals surface area contributed by atoms with Gasteiger partial charge >= 0.3 is 0 Å². The second-order valence-corrected chi connectivity index (χ2v) is 5.24. The molecule has 0 aliphatic carbocycles. The van der Waals surface area contributed by atoms with Gasteiger partial charge in [0.05, 0.1) is 16.9 Å². The van der Waals surface area contributed by atoms with Crippen molar-refractivity contribution < 1.29 is 23.4 Å². The zero-order chi connectivity index (χ0) is 18.1. The minimum Gasteiger partial charge on any atom is -0.545 e. The van der Waals surface area contributed by atoms with Gasteiger partial charge in [-0.1, -0.05) is 30.3 Å². The van der Waals surface area contributed by atoms with E-state index in [1.165, 1.54) is 0 Å². The standard InChI is InChI=1S/C17H12F2N2O4/c18-12-6-10-14(21(20)7-11(15(10)22)17(23)24)16(13(12)19)25-8-9-4-2-1-3-5-9/h1-7H,8,20H2,(H,23,24)/p-1. The maximum Gasteiger partial charge on any atom is 0.202 e. The van der Waals surface area contributed by atoms with Crippen LogP contribution >= 0.6 is 0 Å². The molecular weight excluding hydrogens is 334 g/mol. The van der Waals surface area contributed by atoms with E-state index >= 15 is 0 Å². The lowest BCUT2D eigenvalue weighted by molar-refractivity contribution is -0.255. The Bertz CT molecular complexity index is 1030. The van der Waals surface area contributed by atoms with Gasteiger partial charge in [-0.05, 0) is 11.6 Å². The first-order valence-corrected chi connectivity index (χ1v) is 7.10. The Morgan fingerprint density at radius 2 is 1.92 bits per heavy atom. The molecule has 3 aromatic rings. The predicted octanol–water partition coefficient (Wildman–Crippen LogP) is 0.936. The number of benzene rings is 2. The molecule has 2 N–H and O–H groups in total. The first-order valence-electron chi connectivity index (χ1n) is 7.10. The highest BCUT2D eigenvalue weighted by Crippen LogP contribution is 2.30. The molecule has 0 aliphatic heterocycles. The molecule has 0 amide bonds. The Balaban J connectivity index is 2.20. The monoisotopic (exact) mass is 345 g/mol. The maximum absolute atomic E-state index is 14.2. The number of pyridine rings is 1. The van der Waals surface area contributed by atoms with E-state index in [0.29, 0.717) is 16.3 Å². The largest absolute Gasteiger partial charge is 0.545 e. The topological polar surface area (TPSA) is 97.4 Å². The first kappa shape index (κ1) is 16.4. The zero-order valence-electron chi connectivity index (χ0n) is 12.7. The second-order valence-electron chi connectivity index (χ2n) is 5.24. The summed E-state index contributed by atoms with van der Waals surface area (Å²) < 4.78 is 34.1. The van der Waals surface area contributed by atoms with Gasteiger partial charge in [-0.2, -0.15) is 4.39 Å². The number of nitrogens with zero attached hydrogens (tertiary/aromatic N) is 1. The van der Waals surface area contributed by atoms with Gasteiger partial charge in [0.1, 0.15) is 12.1 Å². The zero-order valence-corrected chi connectivity index (χ0v) is 12.7. The van der Waals surface area contributed by atoms with Crippen molar-refractivity contribution in [3.05, 3.63) is 75.6 Å². The molecule has 0 bridgehead atoms. The van der Waals surface area contributed by atoms with Crippen LogP contribution < -0.4 is 21.1 Å². The molecular formula is C17H11F2N2O4-. The summed E-state index contributed by atoms with van der Waals surface area (Å²) >= 11 is 0. The van der Waals surface area contributed by atoms with Gasteiger partial charge in [0.15, 0.2) is 17.0 Å². The molecule has 0 radical (unpaired) electrons. The highest BCUT2D eigenvalue weighted by molar-refractivity contribution is 5.93. The third-order valence-corrected chi connectivity index (χ3v) is 3.61. The SMILES string of the molecule is Nn1cc(C(=O)[O-])c(=O)c2cc(F)c(F)c(OCc3ccccc3)c21. The van der Waals surface area contributed by atoms with E-state index in [0.717, 1.165) is 6.20 Å². The van der Waals surface area contributed by atoms with E-state index in [9.17, 15) is 23.5 Å². The van der Waals surface area contributed by atoms with Gasteiger partial charge in [-0.25, -0.2) is 4.39 Å². The summed E-state index contributed by atoms with van der Waals surface area (Å²) in [6, 6.07) is 9.26. The Labute approximate surface area is 139 Å². The van der Waals surface area contributed by atoms with Gasteiger partial charge in [-0.3, -0.25) is 9.47 Å². The van der Waals surface area contributed by atoms with E-state index in [2.05, 4.69) is 0 Å². The first-order chi connectivity index (χ1) is 11.9. The fraction of sp³-hybridized carbons (Fsp3) is 0.0588. The van der Waals surface area contributed by atoms with Crippen LogP contribution in [0.4, 0.5) is 8.78 Å². The fourth-order valence-electron chi connectivity index (χ4n) is 2.44. The molecule has 6 nitrogen and oxygen atoms in total. The molecule has 0 aliphatic rings. The number of ether oxygens (including phenoxy) is 1. The molecule has 128 valence electrons. The van der Waals surface area contributed by atoms with Crippen molar-refractivity contribution in [2.24, 2.45) is 0 Å². The van der Waals surface area contributed by atoms with Gasteiger partial charge in [-0.15, -0.1) is 0 Å². The van der Waals surface area contributed by atoms with Crippen LogP contribution in [0.25, 0.3) is 10.9 Å². The summed E-state index contributed by atoms with van der Waals surface area (Å²) in [5.74, 6) is 0.626. The Hall–Kier alpha value is -3.42. The summed E-state index contributed by atoms with van der Waals surface area (Å²) in [4.78, 5) is 23.2. The van der Waals surface area contributed by atoms with E-state index in [-0.39, 0.29) is 12.1 Å². The second kappa shape index (κ2) is 6.23. The summed E-state index contributed by atoms with van der Waals surface area (Å²) in [6.07, 6.45) is 0.771. The molecule has 25 heavy (non-hydrogen) atoms. The van der Waals surface area contributed by atoms with E-state index in [1.54, 1.807) is 30.3 Å². The van der Waals surface area contributed by atoms with Crippen molar-refractivity contribution in [2.45, 2.75) is 6.61 Å². The molecule has 0 unspecified atom stereocenters. The van der Waals surface area contributed by atoms with Crippen molar-refractivity contribution >= 4 is 16.9 Å². The highest BCUT2D eigenvalue weighted by Gasteiger charge is 2.21. The molecule has 8 heteroatoms. The minimum absolute atomic E-state index is 0.104. The average Bonchev–Trinajstić information content (AvgIpc) is 2.59. The number of rotatable bonds is 4. The lowest BCUT2D eigenvalue weighted by Gasteiger charge is -2.15. The molecule has 0 spiro atoms. The molecule has 0 saturated heterocycles. The van der Waals surface area contributed by atoms with E-state index in [4.69, 9.17) is 10.6 Å². The Morgan fingerprint density at radius 3 is 2.56 bits per heavy atom. The summed E-state index contributed by atoms with van der Waals surface area (Å²) in [7, 11) is 0. The molecule has 3 rings (SSSR count). The van der Waals surface area contributed by atoms with Crippen molar-refractivity contribution in [3.63, 3.8) is 0 Å². The van der Waals surface area contributed by atoms with Crippen LogP contribution in [0.15, 0.2) is 47.4 Å². The molecule has 0 fully saturated rings. The van der Waals surface area contributed by atoms with Gasteiger partial charge in [0.25, 0.3) is 0 Å². The van der Waals surface area contributed by atoms with Crippen molar-refractivity contribution in [1.82, 2.24) is 4.68 Å². The lowest BCUT2D eigenvalue weighted by Crippen LogP contribution is -2.31. The number of hydrogen-bond acceptors (Lipinski definition) is 5. The van der Waals surface area contributed by atoms with E-state index < -0.39 is 39.7 Å². The van der Waals surface area contributed by atoms with Crippen LogP contribution in [0.1, 0.15) is 15.9 Å². The number of aromatic nitrogens is 1. The van der Waals surface area contributed by atoms with E-state index in [1.807, 2.05) is 0 Å². The van der Waals surface area contributed by atoms with Crippen LogP contribution in [0.5, 0.6) is 5.75 Å². The van der Waals surface area contributed by atoms with Gasteiger partial charge in [0, 0.05) is 6.20 Å². The third-order valence-electron chi connectivity index (χ3n) is 3.61. The number of halogens is 2. The van der Waals surface area contributed by atoms with Crippen molar-refractivity contribution in [1.29, 1.82) is 0 Å². The molecule has 0 atom stereocenters. The number of fused-ring (bicyclic) bond motifs is 1. The Kier molecular flexibility index (Phi) is 4.10. The molecule has 2 aromatic carbocycles.